The highest BCUT2D eigenvalue weighted by Gasteiger charge is 2.56. The van der Waals surface area contributed by atoms with Crippen LogP contribution >= 0.6 is 0 Å². The van der Waals surface area contributed by atoms with Gasteiger partial charge in [-0.15, -0.1) is 0 Å². The van der Waals surface area contributed by atoms with Gasteiger partial charge < -0.3 is 15.5 Å². The van der Waals surface area contributed by atoms with Crippen molar-refractivity contribution in [2.45, 2.75) is 44.4 Å². The van der Waals surface area contributed by atoms with Gasteiger partial charge in [0.25, 0.3) is 5.92 Å². The first kappa shape index (κ1) is 14.6. The molecule has 0 aromatic rings. The molecule has 0 aromatic carbocycles. The molecule has 0 saturated carbocycles. The Kier molecular flexibility index (Phi) is 3.57. The van der Waals surface area contributed by atoms with Gasteiger partial charge in [0.2, 0.25) is 0 Å². The molecule has 7 heteroatoms. The zero-order valence-electron chi connectivity index (χ0n) is 11.1. The minimum Gasteiger partial charge on any atom is -0.481 e. The number of alkyl halides is 2. The molecule has 0 radical (unpaired) electrons. The van der Waals surface area contributed by atoms with Crippen LogP contribution in [0.5, 0.6) is 0 Å². The van der Waals surface area contributed by atoms with Gasteiger partial charge in [0.15, 0.2) is 0 Å². The molecule has 3 N–H and O–H groups in total. The van der Waals surface area contributed by atoms with Gasteiger partial charge in [0.05, 0.1) is 24.1 Å². The van der Waals surface area contributed by atoms with Crippen LogP contribution in [-0.2, 0) is 4.79 Å². The first-order valence-electron chi connectivity index (χ1n) is 6.43. The van der Waals surface area contributed by atoms with Crippen LogP contribution in [0, 0.1) is 5.41 Å². The summed E-state index contributed by atoms with van der Waals surface area (Å²) >= 11 is 0. The maximum atomic E-state index is 13.8. The molecule has 19 heavy (non-hydrogen) atoms. The predicted octanol–water partition coefficient (Wildman–Crippen LogP) is 0.140. The second kappa shape index (κ2) is 4.64. The number of aliphatic hydroxyl groups is 1. The zero-order valence-corrected chi connectivity index (χ0v) is 11.1. The number of aliphatic hydroxyl groups excluding tert-OH is 1. The monoisotopic (exact) mass is 278 g/mol. The number of β-amino-alcohol motifs (C(OH)–C–C–N with tert-alkyl or cyclic N) is 1. The van der Waals surface area contributed by atoms with Gasteiger partial charge in [-0.3, -0.25) is 9.69 Å². The van der Waals surface area contributed by atoms with Crippen LogP contribution in [0.25, 0.3) is 0 Å². The first-order valence-corrected chi connectivity index (χ1v) is 6.43. The number of carboxylic acids is 1. The summed E-state index contributed by atoms with van der Waals surface area (Å²) in [7, 11) is 0. The number of hydrogen-bond acceptors (Lipinski definition) is 4. The van der Waals surface area contributed by atoms with Crippen LogP contribution in [0.1, 0.15) is 20.3 Å². The van der Waals surface area contributed by atoms with E-state index in [-0.39, 0.29) is 19.1 Å². The van der Waals surface area contributed by atoms with Gasteiger partial charge in [-0.1, -0.05) is 0 Å². The zero-order chi connectivity index (χ0) is 14.4. The summed E-state index contributed by atoms with van der Waals surface area (Å²) in [5.41, 5.74) is -1.35. The van der Waals surface area contributed by atoms with Crippen LogP contribution in [0.15, 0.2) is 0 Å². The Morgan fingerprint density at radius 2 is 2.21 bits per heavy atom. The largest absolute Gasteiger partial charge is 0.481 e. The molecule has 2 aliphatic rings. The Morgan fingerprint density at radius 1 is 1.58 bits per heavy atom. The third kappa shape index (κ3) is 2.46. The van der Waals surface area contributed by atoms with Crippen molar-refractivity contribution in [2.24, 2.45) is 5.41 Å². The van der Waals surface area contributed by atoms with Crippen LogP contribution in [-0.4, -0.2) is 64.8 Å². The molecule has 0 spiro atoms. The van der Waals surface area contributed by atoms with E-state index in [4.69, 9.17) is 5.11 Å². The molecular weight excluding hydrogens is 258 g/mol. The number of carboxylic acid groups (broad SMARTS) is 1. The van der Waals surface area contributed by atoms with Gasteiger partial charge in [-0.25, -0.2) is 8.78 Å². The van der Waals surface area contributed by atoms with Crippen molar-refractivity contribution in [2.75, 3.05) is 19.6 Å². The van der Waals surface area contributed by atoms with Crippen molar-refractivity contribution < 1.29 is 23.8 Å². The summed E-state index contributed by atoms with van der Waals surface area (Å²) in [6.45, 7) is 2.86. The Bertz CT molecular complexity index is 376. The quantitative estimate of drug-likeness (QED) is 0.682. The maximum absolute atomic E-state index is 13.8. The fraction of sp³-hybridized carbons (Fsp3) is 0.917. The topological polar surface area (TPSA) is 72.8 Å². The lowest BCUT2D eigenvalue weighted by Gasteiger charge is -2.33. The fourth-order valence-corrected chi connectivity index (χ4v) is 2.80. The summed E-state index contributed by atoms with van der Waals surface area (Å²) in [5.74, 6) is -3.96. The molecule has 2 fully saturated rings. The molecule has 2 rings (SSSR count). The van der Waals surface area contributed by atoms with E-state index in [9.17, 15) is 18.7 Å². The van der Waals surface area contributed by atoms with Gasteiger partial charge in [0, 0.05) is 19.1 Å². The lowest BCUT2D eigenvalue weighted by molar-refractivity contribution is -0.154. The second-order valence-corrected chi connectivity index (χ2v) is 6.02. The molecule has 0 bridgehead atoms. The van der Waals surface area contributed by atoms with E-state index in [1.165, 1.54) is 18.7 Å². The van der Waals surface area contributed by atoms with E-state index in [0.29, 0.717) is 13.0 Å². The molecule has 110 valence electrons. The fourth-order valence-electron chi connectivity index (χ4n) is 2.80. The lowest BCUT2D eigenvalue weighted by atomic mass is 9.86. The number of hydrogen-bond donors (Lipinski definition) is 3. The van der Waals surface area contributed by atoms with Crippen LogP contribution < -0.4 is 5.32 Å². The van der Waals surface area contributed by atoms with E-state index in [2.05, 4.69) is 5.32 Å². The van der Waals surface area contributed by atoms with E-state index >= 15 is 0 Å². The highest BCUT2D eigenvalue weighted by molar-refractivity contribution is 5.74. The molecule has 2 saturated heterocycles. The Balaban J connectivity index is 2.06. The number of aliphatic carboxylic acids is 1. The smallest absolute Gasteiger partial charge is 0.311 e. The average Bonchev–Trinajstić information content (AvgIpc) is 2.81. The summed E-state index contributed by atoms with van der Waals surface area (Å²) < 4.78 is 27.5. The van der Waals surface area contributed by atoms with Crippen molar-refractivity contribution in [3.05, 3.63) is 0 Å². The molecule has 0 unspecified atom stereocenters. The van der Waals surface area contributed by atoms with Crippen molar-refractivity contribution in [3.8, 4) is 0 Å². The predicted molar refractivity (Wildman–Crippen MR) is 64.1 cm³/mol. The number of fused-ring (bicyclic) bond motifs is 1. The van der Waals surface area contributed by atoms with Gasteiger partial charge >= 0.3 is 5.97 Å². The Hall–Kier alpha value is -0.790. The van der Waals surface area contributed by atoms with E-state index in [1.807, 2.05) is 0 Å². The lowest BCUT2D eigenvalue weighted by Crippen LogP contribution is -2.51. The highest BCUT2D eigenvalue weighted by Crippen LogP contribution is 2.37. The third-order valence-electron chi connectivity index (χ3n) is 4.33. The number of nitrogens with one attached hydrogen (secondary N) is 1. The molecular formula is C12H20F2N2O3. The van der Waals surface area contributed by atoms with Crippen molar-refractivity contribution in [3.63, 3.8) is 0 Å². The molecule has 2 aliphatic heterocycles. The van der Waals surface area contributed by atoms with Crippen LogP contribution in [0.4, 0.5) is 8.78 Å². The first-order chi connectivity index (χ1) is 8.66. The molecule has 3 atom stereocenters. The van der Waals surface area contributed by atoms with E-state index in [1.54, 1.807) is 0 Å². The standard InChI is InChI=1S/C12H20F2N2O3/c1-11(2,10(18)19)8(17)5-16-4-3-7-9(16)12(13,14)6-15-7/h7-9,15,17H,3-6H2,1-2H3,(H,18,19)/t7-,8-,9+/m0/s1. The number of carbonyl (C=O) groups is 1. The molecule has 0 aliphatic carbocycles. The van der Waals surface area contributed by atoms with Gasteiger partial charge in [-0.2, -0.15) is 0 Å². The molecule has 5 nitrogen and oxygen atoms in total. The highest BCUT2D eigenvalue weighted by atomic mass is 19.3. The number of rotatable bonds is 4. The maximum Gasteiger partial charge on any atom is 0.311 e. The van der Waals surface area contributed by atoms with Gasteiger partial charge in [-0.05, 0) is 20.3 Å². The summed E-state index contributed by atoms with van der Waals surface area (Å²) in [4.78, 5) is 12.6. The summed E-state index contributed by atoms with van der Waals surface area (Å²) in [5, 5.41) is 21.8. The summed E-state index contributed by atoms with van der Waals surface area (Å²) in [6.07, 6.45) is -0.583. The van der Waals surface area contributed by atoms with E-state index < -0.39 is 29.5 Å². The Labute approximate surface area is 110 Å². The van der Waals surface area contributed by atoms with Crippen LogP contribution in [0.2, 0.25) is 0 Å². The summed E-state index contributed by atoms with van der Waals surface area (Å²) in [6, 6.07) is -1.21. The molecule has 0 amide bonds. The molecule has 0 aromatic heterocycles. The van der Waals surface area contributed by atoms with E-state index in [0.717, 1.165) is 0 Å². The molecule has 2 heterocycles. The SMILES string of the molecule is CC(C)(C(=O)O)[C@@H](O)CN1CC[C@@H]2NCC(F)(F)[C@@H]21. The Morgan fingerprint density at radius 3 is 2.79 bits per heavy atom. The van der Waals surface area contributed by atoms with Crippen molar-refractivity contribution in [1.82, 2.24) is 10.2 Å². The average molecular weight is 278 g/mol. The minimum atomic E-state index is -2.83. The number of halogens is 2. The van der Waals surface area contributed by atoms with Crippen molar-refractivity contribution >= 4 is 5.97 Å². The normalized spacial score (nSPS) is 32.3. The minimum absolute atomic E-state index is 0.0439. The van der Waals surface area contributed by atoms with Crippen molar-refractivity contribution in [1.29, 1.82) is 0 Å². The van der Waals surface area contributed by atoms with Crippen LogP contribution in [0.3, 0.4) is 0 Å². The number of nitrogens with zero attached hydrogens (tertiary/aromatic N) is 1. The third-order valence-corrected chi connectivity index (χ3v) is 4.33. The van der Waals surface area contributed by atoms with Gasteiger partial charge in [0.1, 0.15) is 0 Å². The number of likely N-dealkylation sites (tertiary alicyclic amines) is 1. The second-order valence-electron chi connectivity index (χ2n) is 6.02.